The van der Waals surface area contributed by atoms with Crippen molar-refractivity contribution in [1.82, 2.24) is 14.8 Å². The largest absolute Gasteiger partial charge is 0.381 e. The van der Waals surface area contributed by atoms with E-state index in [4.69, 9.17) is 4.74 Å². The molecule has 0 saturated carbocycles. The van der Waals surface area contributed by atoms with Crippen LogP contribution in [-0.4, -0.2) is 28.0 Å². The Bertz CT molecular complexity index is 629. The summed E-state index contributed by atoms with van der Waals surface area (Å²) >= 11 is 0. The molecule has 1 aromatic heterocycles. The van der Waals surface area contributed by atoms with E-state index in [1.807, 2.05) is 0 Å². The number of hydrogen-bond donors (Lipinski definition) is 0. The van der Waals surface area contributed by atoms with Gasteiger partial charge in [-0.2, -0.15) is 5.10 Å². The maximum absolute atomic E-state index is 5.59. The number of aromatic nitrogens is 3. The highest BCUT2D eigenvalue weighted by Crippen LogP contribution is 2.28. The van der Waals surface area contributed by atoms with Crippen molar-refractivity contribution >= 4 is 0 Å². The molecule has 1 fully saturated rings. The van der Waals surface area contributed by atoms with Crippen LogP contribution in [0.1, 0.15) is 36.2 Å². The molecule has 4 heteroatoms. The van der Waals surface area contributed by atoms with Gasteiger partial charge >= 0.3 is 0 Å². The lowest BCUT2D eigenvalue weighted by atomic mass is 9.98. The molecule has 21 heavy (non-hydrogen) atoms. The van der Waals surface area contributed by atoms with Crippen molar-refractivity contribution in [2.45, 2.75) is 38.5 Å². The molecule has 2 heterocycles. The second-order valence-corrected chi connectivity index (χ2v) is 6.14. The predicted molar refractivity (Wildman–Crippen MR) is 80.6 cm³/mol. The zero-order valence-corrected chi connectivity index (χ0v) is 12.3. The molecule has 4 nitrogen and oxygen atoms in total. The average Bonchev–Trinajstić information content (AvgIpc) is 3.16. The molecule has 1 atom stereocenters. The van der Waals surface area contributed by atoms with Gasteiger partial charge in [-0.05, 0) is 55.2 Å². The number of hydrogen-bond acceptors (Lipinski definition) is 3. The third-order valence-electron chi connectivity index (χ3n) is 4.69. The molecular weight excluding hydrogens is 262 g/mol. The van der Waals surface area contributed by atoms with Crippen LogP contribution in [0.4, 0.5) is 0 Å². The van der Waals surface area contributed by atoms with Crippen molar-refractivity contribution in [3.05, 3.63) is 41.5 Å². The molecule has 0 amide bonds. The van der Waals surface area contributed by atoms with Gasteiger partial charge in [0.05, 0.1) is 5.69 Å². The first kappa shape index (κ1) is 13.0. The van der Waals surface area contributed by atoms with Crippen molar-refractivity contribution in [2.24, 2.45) is 5.92 Å². The molecule has 0 N–H and O–H groups in total. The number of aryl methyl sites for hydroxylation is 1. The fraction of sp³-hybridized carbons (Fsp3) is 0.529. The standard InChI is InChI=1S/C17H21N3O/c1-5-14-6-2-8-16(15(14)7-1)20-17(18-12-19-20)10-13-4-3-9-21-11-13/h2,6,8,12-13H,1,3-5,7,9-11H2/t13-/m1/s1. The second kappa shape index (κ2) is 5.60. The van der Waals surface area contributed by atoms with Crippen molar-refractivity contribution in [2.75, 3.05) is 13.2 Å². The molecule has 4 rings (SSSR count). The van der Waals surface area contributed by atoms with Gasteiger partial charge in [-0.1, -0.05) is 12.1 Å². The van der Waals surface area contributed by atoms with Gasteiger partial charge in [-0.3, -0.25) is 0 Å². The Balaban J connectivity index is 1.64. The normalized spacial score (nSPS) is 21.4. The van der Waals surface area contributed by atoms with Crippen molar-refractivity contribution in [3.63, 3.8) is 0 Å². The summed E-state index contributed by atoms with van der Waals surface area (Å²) in [6.45, 7) is 1.77. The summed E-state index contributed by atoms with van der Waals surface area (Å²) in [7, 11) is 0. The highest BCUT2D eigenvalue weighted by Gasteiger charge is 2.21. The highest BCUT2D eigenvalue weighted by molar-refractivity contribution is 5.48. The molecule has 110 valence electrons. The van der Waals surface area contributed by atoms with E-state index in [-0.39, 0.29) is 0 Å². The third-order valence-corrected chi connectivity index (χ3v) is 4.69. The fourth-order valence-corrected chi connectivity index (χ4v) is 3.63. The number of ether oxygens (including phenoxy) is 1. The maximum atomic E-state index is 5.59. The van der Waals surface area contributed by atoms with E-state index < -0.39 is 0 Å². The van der Waals surface area contributed by atoms with Gasteiger partial charge < -0.3 is 4.74 Å². The van der Waals surface area contributed by atoms with Crippen LogP contribution in [0.25, 0.3) is 5.69 Å². The molecule has 0 radical (unpaired) electrons. The van der Waals surface area contributed by atoms with E-state index in [0.29, 0.717) is 5.92 Å². The SMILES string of the molecule is c1cc2c(c(-n3ncnc3C[C@H]3CCCOC3)c1)CCC2. The van der Waals surface area contributed by atoms with Crippen LogP contribution in [0, 0.1) is 5.92 Å². The molecule has 0 bridgehead atoms. The summed E-state index contributed by atoms with van der Waals surface area (Å²) in [5.41, 5.74) is 4.17. The topological polar surface area (TPSA) is 39.9 Å². The van der Waals surface area contributed by atoms with E-state index in [0.717, 1.165) is 31.9 Å². The van der Waals surface area contributed by atoms with Crippen LogP contribution in [0.2, 0.25) is 0 Å². The Morgan fingerprint density at radius 1 is 1.24 bits per heavy atom. The van der Waals surface area contributed by atoms with Crippen molar-refractivity contribution in [1.29, 1.82) is 0 Å². The number of fused-ring (bicyclic) bond motifs is 1. The minimum atomic E-state index is 0.582. The zero-order valence-electron chi connectivity index (χ0n) is 12.3. The first-order valence-electron chi connectivity index (χ1n) is 7.99. The lowest BCUT2D eigenvalue weighted by molar-refractivity contribution is 0.0541. The Morgan fingerprint density at radius 3 is 3.14 bits per heavy atom. The van der Waals surface area contributed by atoms with Crippen LogP contribution >= 0.6 is 0 Å². The van der Waals surface area contributed by atoms with E-state index in [2.05, 4.69) is 33.0 Å². The predicted octanol–water partition coefficient (Wildman–Crippen LogP) is 2.73. The van der Waals surface area contributed by atoms with Crippen LogP contribution in [0.5, 0.6) is 0 Å². The molecule has 1 aromatic carbocycles. The maximum Gasteiger partial charge on any atom is 0.138 e. The smallest absolute Gasteiger partial charge is 0.138 e. The van der Waals surface area contributed by atoms with Crippen LogP contribution in [0.15, 0.2) is 24.5 Å². The van der Waals surface area contributed by atoms with E-state index in [9.17, 15) is 0 Å². The van der Waals surface area contributed by atoms with Crippen LogP contribution in [-0.2, 0) is 24.0 Å². The average molecular weight is 283 g/mol. The summed E-state index contributed by atoms with van der Waals surface area (Å²) in [5, 5.41) is 4.49. The monoisotopic (exact) mass is 283 g/mol. The van der Waals surface area contributed by atoms with Gasteiger partial charge in [-0.15, -0.1) is 0 Å². The molecule has 0 unspecified atom stereocenters. The number of benzene rings is 1. The number of nitrogens with zero attached hydrogens (tertiary/aromatic N) is 3. The summed E-state index contributed by atoms with van der Waals surface area (Å²) in [4.78, 5) is 4.51. The van der Waals surface area contributed by atoms with Gasteiger partial charge in [0, 0.05) is 19.6 Å². The Hall–Kier alpha value is -1.68. The van der Waals surface area contributed by atoms with E-state index in [1.165, 1.54) is 42.5 Å². The van der Waals surface area contributed by atoms with Gasteiger partial charge in [0.15, 0.2) is 0 Å². The van der Waals surface area contributed by atoms with Crippen LogP contribution in [0.3, 0.4) is 0 Å². The quantitative estimate of drug-likeness (QED) is 0.869. The molecule has 2 aliphatic rings. The van der Waals surface area contributed by atoms with E-state index in [1.54, 1.807) is 6.33 Å². The lowest BCUT2D eigenvalue weighted by Crippen LogP contribution is -2.21. The summed E-state index contributed by atoms with van der Waals surface area (Å²) in [6, 6.07) is 6.58. The van der Waals surface area contributed by atoms with Crippen LogP contribution < -0.4 is 0 Å². The Kier molecular flexibility index (Phi) is 3.47. The lowest BCUT2D eigenvalue weighted by Gasteiger charge is -2.21. The van der Waals surface area contributed by atoms with E-state index >= 15 is 0 Å². The second-order valence-electron chi connectivity index (χ2n) is 6.14. The summed E-state index contributed by atoms with van der Waals surface area (Å²) in [6.07, 6.45) is 8.67. The van der Waals surface area contributed by atoms with Gasteiger partial charge in [0.25, 0.3) is 0 Å². The molecule has 1 aliphatic carbocycles. The first-order chi connectivity index (χ1) is 10.4. The minimum absolute atomic E-state index is 0.582. The minimum Gasteiger partial charge on any atom is -0.381 e. The third kappa shape index (κ3) is 2.48. The number of rotatable bonds is 3. The molecule has 0 spiro atoms. The first-order valence-corrected chi connectivity index (χ1v) is 7.99. The highest BCUT2D eigenvalue weighted by atomic mass is 16.5. The molecule has 1 aliphatic heterocycles. The van der Waals surface area contributed by atoms with Gasteiger partial charge in [-0.25, -0.2) is 9.67 Å². The van der Waals surface area contributed by atoms with Gasteiger partial charge in [0.1, 0.15) is 12.2 Å². The zero-order chi connectivity index (χ0) is 14.1. The summed E-state index contributed by atoms with van der Waals surface area (Å²) in [5.74, 6) is 1.66. The molecule has 1 saturated heterocycles. The fourth-order valence-electron chi connectivity index (χ4n) is 3.63. The van der Waals surface area contributed by atoms with Crippen molar-refractivity contribution < 1.29 is 4.74 Å². The summed E-state index contributed by atoms with van der Waals surface area (Å²) < 4.78 is 7.65. The molecular formula is C17H21N3O. The molecule has 2 aromatic rings. The Labute approximate surface area is 125 Å². The van der Waals surface area contributed by atoms with Crippen molar-refractivity contribution in [3.8, 4) is 5.69 Å². The Morgan fingerprint density at radius 2 is 2.24 bits per heavy atom. The van der Waals surface area contributed by atoms with Gasteiger partial charge in [0.2, 0.25) is 0 Å².